The predicted octanol–water partition coefficient (Wildman–Crippen LogP) is -4.60. The predicted molar refractivity (Wildman–Crippen MR) is 85.0 cm³/mol. The number of amides is 1. The number of nitrogens with one attached hydrogen (secondary N) is 1. The van der Waals surface area contributed by atoms with Gasteiger partial charge in [0.15, 0.2) is 12.6 Å². The first-order valence-electron chi connectivity index (χ1n) is 8.45. The van der Waals surface area contributed by atoms with Crippen molar-refractivity contribution in [3.63, 3.8) is 0 Å². The number of carbonyl (C=O) groups is 1. The molecule has 0 saturated carbocycles. The second-order valence-electron chi connectivity index (χ2n) is 6.47. The Balaban J connectivity index is 2.21. The highest BCUT2D eigenvalue weighted by Crippen LogP contribution is 2.29. The van der Waals surface area contributed by atoms with Gasteiger partial charge in [0.2, 0.25) is 5.91 Å². The van der Waals surface area contributed by atoms with Gasteiger partial charge in [-0.2, -0.15) is 0 Å². The van der Waals surface area contributed by atoms with Crippen molar-refractivity contribution >= 4 is 5.91 Å². The van der Waals surface area contributed by atoms with Crippen molar-refractivity contribution in [2.75, 3.05) is 20.3 Å². The van der Waals surface area contributed by atoms with Crippen molar-refractivity contribution in [1.82, 2.24) is 5.32 Å². The molecule has 27 heavy (non-hydrogen) atoms. The lowest BCUT2D eigenvalue weighted by Crippen LogP contribution is -2.67. The smallest absolute Gasteiger partial charge is 0.217 e. The van der Waals surface area contributed by atoms with Gasteiger partial charge in [0, 0.05) is 14.0 Å². The summed E-state index contributed by atoms with van der Waals surface area (Å²) in [6.45, 7) is -0.0678. The molecule has 158 valence electrons. The summed E-state index contributed by atoms with van der Waals surface area (Å²) in [6.07, 6.45) is -12.2. The molecule has 2 heterocycles. The fourth-order valence-corrected chi connectivity index (χ4v) is 3.21. The molecular formula is C15H27NO11. The summed E-state index contributed by atoms with van der Waals surface area (Å²) < 4.78 is 21.3. The van der Waals surface area contributed by atoms with Gasteiger partial charge in [-0.15, -0.1) is 0 Å². The van der Waals surface area contributed by atoms with E-state index >= 15 is 0 Å². The molecule has 2 aliphatic heterocycles. The first kappa shape index (κ1) is 22.4. The van der Waals surface area contributed by atoms with E-state index in [-0.39, 0.29) is 0 Å². The molecule has 10 unspecified atom stereocenters. The zero-order valence-electron chi connectivity index (χ0n) is 14.9. The van der Waals surface area contributed by atoms with Crippen LogP contribution in [0.25, 0.3) is 0 Å². The monoisotopic (exact) mass is 397 g/mol. The number of aliphatic hydroxyl groups excluding tert-OH is 6. The van der Waals surface area contributed by atoms with Crippen molar-refractivity contribution in [2.24, 2.45) is 0 Å². The fraction of sp³-hybridized carbons (Fsp3) is 0.933. The van der Waals surface area contributed by atoms with E-state index in [1.165, 1.54) is 14.0 Å². The maximum Gasteiger partial charge on any atom is 0.217 e. The van der Waals surface area contributed by atoms with Gasteiger partial charge in [-0.05, 0) is 0 Å². The average Bonchev–Trinajstić information content (AvgIpc) is 2.63. The quantitative estimate of drug-likeness (QED) is 0.228. The van der Waals surface area contributed by atoms with Crippen molar-refractivity contribution in [3.8, 4) is 0 Å². The minimum atomic E-state index is -1.59. The van der Waals surface area contributed by atoms with Crippen LogP contribution in [0.4, 0.5) is 0 Å². The summed E-state index contributed by atoms with van der Waals surface area (Å²) in [4.78, 5) is 11.3. The maximum absolute atomic E-state index is 11.3. The summed E-state index contributed by atoms with van der Waals surface area (Å²) in [5.41, 5.74) is 0. The van der Waals surface area contributed by atoms with Crippen LogP contribution in [-0.4, -0.2) is 118 Å². The van der Waals surface area contributed by atoms with Gasteiger partial charge in [0.25, 0.3) is 0 Å². The minimum Gasteiger partial charge on any atom is -0.394 e. The van der Waals surface area contributed by atoms with Crippen molar-refractivity contribution in [2.45, 2.75) is 68.3 Å². The Labute approximate surface area is 155 Å². The molecule has 12 heteroatoms. The molecule has 2 saturated heterocycles. The molecule has 0 aromatic heterocycles. The van der Waals surface area contributed by atoms with Crippen LogP contribution in [0, 0.1) is 0 Å². The standard InChI is InChI=1S/C15H27NO11/c1-5(19)16-8-10(21)12(7(4-18)25-14(8)23)27-15-13(24-2)11(22)9(20)6(3-17)26-15/h6-15,17-18,20-23H,3-4H2,1-2H3,(H,16,19). The van der Waals surface area contributed by atoms with Gasteiger partial charge in [-0.3, -0.25) is 4.79 Å². The van der Waals surface area contributed by atoms with Gasteiger partial charge in [0.1, 0.15) is 48.8 Å². The van der Waals surface area contributed by atoms with E-state index in [2.05, 4.69) is 5.32 Å². The molecule has 0 spiro atoms. The normalized spacial score (nSPS) is 45.5. The first-order chi connectivity index (χ1) is 12.7. The topological polar surface area (TPSA) is 187 Å². The molecule has 10 atom stereocenters. The van der Waals surface area contributed by atoms with E-state index in [1.54, 1.807) is 0 Å². The van der Waals surface area contributed by atoms with Gasteiger partial charge < -0.3 is 54.9 Å². The molecule has 1 amide bonds. The number of carbonyl (C=O) groups excluding carboxylic acids is 1. The lowest BCUT2D eigenvalue weighted by Gasteiger charge is -2.46. The molecule has 0 aromatic carbocycles. The summed E-state index contributed by atoms with van der Waals surface area (Å²) in [7, 11) is 1.24. The summed E-state index contributed by atoms with van der Waals surface area (Å²) in [5, 5.41) is 61.7. The summed E-state index contributed by atoms with van der Waals surface area (Å²) in [5.74, 6) is -0.537. The molecule has 2 fully saturated rings. The van der Waals surface area contributed by atoms with E-state index in [0.717, 1.165) is 0 Å². The molecule has 0 aliphatic carbocycles. The van der Waals surface area contributed by atoms with Crippen LogP contribution in [0.3, 0.4) is 0 Å². The Morgan fingerprint density at radius 1 is 0.963 bits per heavy atom. The van der Waals surface area contributed by atoms with Crippen LogP contribution >= 0.6 is 0 Å². The number of ether oxygens (including phenoxy) is 4. The largest absolute Gasteiger partial charge is 0.394 e. The van der Waals surface area contributed by atoms with Gasteiger partial charge >= 0.3 is 0 Å². The van der Waals surface area contributed by atoms with E-state index in [9.17, 15) is 35.4 Å². The van der Waals surface area contributed by atoms with Gasteiger partial charge in [-0.25, -0.2) is 0 Å². The third kappa shape index (κ3) is 4.74. The van der Waals surface area contributed by atoms with Crippen LogP contribution in [0.5, 0.6) is 0 Å². The van der Waals surface area contributed by atoms with Crippen molar-refractivity contribution < 1.29 is 54.4 Å². The van der Waals surface area contributed by atoms with Crippen LogP contribution < -0.4 is 5.32 Å². The van der Waals surface area contributed by atoms with Gasteiger partial charge in [-0.1, -0.05) is 0 Å². The Hall–Kier alpha value is -0.930. The van der Waals surface area contributed by atoms with E-state index < -0.39 is 80.5 Å². The number of hydrogen-bond donors (Lipinski definition) is 7. The Bertz CT molecular complexity index is 494. The highest BCUT2D eigenvalue weighted by atomic mass is 16.7. The van der Waals surface area contributed by atoms with E-state index in [1.807, 2.05) is 0 Å². The second-order valence-corrected chi connectivity index (χ2v) is 6.47. The number of rotatable bonds is 6. The van der Waals surface area contributed by atoms with Crippen LogP contribution in [0.1, 0.15) is 6.92 Å². The summed E-state index contributed by atoms with van der Waals surface area (Å²) >= 11 is 0. The van der Waals surface area contributed by atoms with Crippen LogP contribution in [0.2, 0.25) is 0 Å². The zero-order valence-corrected chi connectivity index (χ0v) is 14.9. The fourth-order valence-electron chi connectivity index (χ4n) is 3.21. The van der Waals surface area contributed by atoms with Crippen LogP contribution in [0.15, 0.2) is 0 Å². The maximum atomic E-state index is 11.3. The molecule has 2 aliphatic rings. The number of methoxy groups -OCH3 is 1. The minimum absolute atomic E-state index is 0.537. The lowest BCUT2D eigenvalue weighted by molar-refractivity contribution is -0.347. The third-order valence-corrected chi connectivity index (χ3v) is 4.63. The molecule has 7 N–H and O–H groups in total. The van der Waals surface area contributed by atoms with Gasteiger partial charge in [0.05, 0.1) is 13.2 Å². The molecule has 12 nitrogen and oxygen atoms in total. The average molecular weight is 397 g/mol. The summed E-state index contributed by atoms with van der Waals surface area (Å²) in [6, 6.07) is -1.25. The Kier molecular flexibility index (Phi) is 7.88. The number of aliphatic hydroxyl groups is 6. The van der Waals surface area contributed by atoms with E-state index in [4.69, 9.17) is 18.9 Å². The third-order valence-electron chi connectivity index (χ3n) is 4.63. The molecule has 2 rings (SSSR count). The van der Waals surface area contributed by atoms with Crippen molar-refractivity contribution in [3.05, 3.63) is 0 Å². The molecule has 0 radical (unpaired) electrons. The highest BCUT2D eigenvalue weighted by Gasteiger charge is 2.51. The Morgan fingerprint density at radius 3 is 2.11 bits per heavy atom. The molecular weight excluding hydrogens is 370 g/mol. The highest BCUT2D eigenvalue weighted by molar-refractivity contribution is 5.73. The van der Waals surface area contributed by atoms with Crippen molar-refractivity contribution in [1.29, 1.82) is 0 Å². The first-order valence-corrected chi connectivity index (χ1v) is 8.45. The zero-order chi connectivity index (χ0) is 20.3. The van der Waals surface area contributed by atoms with E-state index in [0.29, 0.717) is 0 Å². The molecule has 0 bridgehead atoms. The molecule has 0 aromatic rings. The van der Waals surface area contributed by atoms with Crippen LogP contribution in [-0.2, 0) is 23.7 Å². The number of hydrogen-bond acceptors (Lipinski definition) is 11. The Morgan fingerprint density at radius 2 is 1.59 bits per heavy atom. The second kappa shape index (κ2) is 9.52. The lowest BCUT2D eigenvalue weighted by atomic mass is 9.95. The SMILES string of the molecule is COC1C(OC2C(CO)OC(O)C(NC(C)=O)C2O)OC(CO)C(O)C1O.